The molecule has 0 aromatic rings. The Morgan fingerprint density at radius 1 is 1.06 bits per heavy atom. The Balaban J connectivity index is 2.06. The number of ketones is 3. The number of carbonyl (C=O) groups is 3. The Bertz CT molecular complexity index is 299. The molecule has 0 aromatic heterocycles. The summed E-state index contributed by atoms with van der Waals surface area (Å²) in [5.41, 5.74) is 0. The van der Waals surface area contributed by atoms with Crippen LogP contribution in [0.15, 0.2) is 0 Å². The first-order valence-corrected chi connectivity index (χ1v) is 5.87. The molecule has 2 rings (SSSR count). The lowest BCUT2D eigenvalue weighted by Gasteiger charge is -2.26. The van der Waals surface area contributed by atoms with Crippen LogP contribution in [0, 0.1) is 11.8 Å². The van der Waals surface area contributed by atoms with Gasteiger partial charge in [-0.2, -0.15) is 0 Å². The fraction of sp³-hybridized carbons (Fsp3) is 0.750. The summed E-state index contributed by atoms with van der Waals surface area (Å²) < 4.78 is 5.17. The highest BCUT2D eigenvalue weighted by Crippen LogP contribution is 2.25. The number of Topliss-reactive ketones (excluding diaryl/α,β-unsaturated/α-hetero) is 3. The highest BCUT2D eigenvalue weighted by Gasteiger charge is 2.39. The molecule has 1 aliphatic heterocycles. The average Bonchev–Trinajstić information content (AvgIpc) is 2.30. The van der Waals surface area contributed by atoms with Crippen LogP contribution in [0.3, 0.4) is 0 Å². The molecule has 0 atom stereocenters. The monoisotopic (exact) mass is 224 g/mol. The molecule has 0 unspecified atom stereocenters. The molecule has 4 nitrogen and oxygen atoms in total. The Hall–Kier alpha value is -1.03. The summed E-state index contributed by atoms with van der Waals surface area (Å²) in [5.74, 6) is -1.60. The standard InChI is InChI=1S/C12H16O4/c13-9-2-1-3-10(14)11(9)12(15)8-4-6-16-7-5-8/h8,11H,1-7H2. The first-order chi connectivity index (χ1) is 7.70. The van der Waals surface area contributed by atoms with Gasteiger partial charge in [-0.25, -0.2) is 0 Å². The minimum Gasteiger partial charge on any atom is -0.381 e. The molecule has 1 heterocycles. The molecular formula is C12H16O4. The van der Waals surface area contributed by atoms with Crippen LogP contribution in [0.5, 0.6) is 0 Å². The SMILES string of the molecule is O=C1CCCC(=O)C1C(=O)C1CCOCC1. The molecule has 1 saturated carbocycles. The minimum absolute atomic E-state index is 0.148. The van der Waals surface area contributed by atoms with E-state index in [9.17, 15) is 14.4 Å². The summed E-state index contributed by atoms with van der Waals surface area (Å²) in [6.07, 6.45) is 2.66. The predicted molar refractivity (Wildman–Crippen MR) is 55.9 cm³/mol. The van der Waals surface area contributed by atoms with Crippen molar-refractivity contribution in [2.24, 2.45) is 11.8 Å². The average molecular weight is 224 g/mol. The second-order valence-corrected chi connectivity index (χ2v) is 4.51. The van der Waals surface area contributed by atoms with Gasteiger partial charge < -0.3 is 4.74 Å². The molecule has 0 amide bonds. The second-order valence-electron chi connectivity index (χ2n) is 4.51. The second kappa shape index (κ2) is 4.87. The maximum Gasteiger partial charge on any atom is 0.154 e. The quantitative estimate of drug-likeness (QED) is 0.654. The summed E-state index contributed by atoms with van der Waals surface area (Å²) in [4.78, 5) is 35.3. The summed E-state index contributed by atoms with van der Waals surface area (Å²) >= 11 is 0. The molecular weight excluding hydrogens is 208 g/mol. The molecule has 1 aliphatic carbocycles. The first-order valence-electron chi connectivity index (χ1n) is 5.87. The van der Waals surface area contributed by atoms with Crippen LogP contribution >= 0.6 is 0 Å². The zero-order valence-electron chi connectivity index (χ0n) is 9.24. The lowest BCUT2D eigenvalue weighted by Crippen LogP contribution is -2.40. The van der Waals surface area contributed by atoms with Crippen LogP contribution in [0.2, 0.25) is 0 Å². The summed E-state index contributed by atoms with van der Waals surface area (Å²) in [6, 6.07) is 0. The van der Waals surface area contributed by atoms with Crippen molar-refractivity contribution in [1.29, 1.82) is 0 Å². The molecule has 0 spiro atoms. The molecule has 0 bridgehead atoms. The predicted octanol–water partition coefficient (Wildman–Crippen LogP) is 0.920. The van der Waals surface area contributed by atoms with Gasteiger partial charge in [-0.3, -0.25) is 14.4 Å². The number of hydrogen-bond acceptors (Lipinski definition) is 4. The number of ether oxygens (including phenoxy) is 1. The van der Waals surface area contributed by atoms with Gasteiger partial charge in [0, 0.05) is 32.0 Å². The van der Waals surface area contributed by atoms with Crippen molar-refractivity contribution >= 4 is 17.3 Å². The van der Waals surface area contributed by atoms with E-state index in [0.29, 0.717) is 45.3 Å². The maximum atomic E-state index is 12.1. The fourth-order valence-corrected chi connectivity index (χ4v) is 2.44. The molecule has 2 fully saturated rings. The smallest absolute Gasteiger partial charge is 0.154 e. The van der Waals surface area contributed by atoms with E-state index in [-0.39, 0.29) is 23.3 Å². The van der Waals surface area contributed by atoms with Crippen molar-refractivity contribution in [2.75, 3.05) is 13.2 Å². The van der Waals surface area contributed by atoms with Crippen LogP contribution in [0.1, 0.15) is 32.1 Å². The first kappa shape index (κ1) is 11.5. The normalized spacial score (nSPS) is 24.8. The van der Waals surface area contributed by atoms with Crippen molar-refractivity contribution < 1.29 is 19.1 Å². The maximum absolute atomic E-state index is 12.1. The number of hydrogen-bond donors (Lipinski definition) is 0. The number of carbonyl (C=O) groups excluding carboxylic acids is 3. The Labute approximate surface area is 94.3 Å². The van der Waals surface area contributed by atoms with Crippen LogP contribution in [0.4, 0.5) is 0 Å². The van der Waals surface area contributed by atoms with E-state index in [1.807, 2.05) is 0 Å². The Kier molecular flexibility index (Phi) is 3.49. The highest BCUT2D eigenvalue weighted by molar-refractivity contribution is 6.20. The lowest BCUT2D eigenvalue weighted by molar-refractivity contribution is -0.145. The van der Waals surface area contributed by atoms with Gasteiger partial charge in [0.1, 0.15) is 5.92 Å². The molecule has 1 saturated heterocycles. The van der Waals surface area contributed by atoms with Crippen LogP contribution in [0.25, 0.3) is 0 Å². The minimum atomic E-state index is -0.947. The van der Waals surface area contributed by atoms with E-state index in [1.54, 1.807) is 0 Å². The van der Waals surface area contributed by atoms with Gasteiger partial charge >= 0.3 is 0 Å². The van der Waals surface area contributed by atoms with Gasteiger partial charge in [-0.15, -0.1) is 0 Å². The third-order valence-corrected chi connectivity index (χ3v) is 3.40. The van der Waals surface area contributed by atoms with Gasteiger partial charge in [0.25, 0.3) is 0 Å². The van der Waals surface area contributed by atoms with Gasteiger partial charge in [0.05, 0.1) is 0 Å². The van der Waals surface area contributed by atoms with E-state index < -0.39 is 5.92 Å². The van der Waals surface area contributed by atoms with Crippen molar-refractivity contribution in [3.8, 4) is 0 Å². The summed E-state index contributed by atoms with van der Waals surface area (Å²) in [7, 11) is 0. The molecule has 88 valence electrons. The van der Waals surface area contributed by atoms with Gasteiger partial charge in [0.15, 0.2) is 17.3 Å². The van der Waals surface area contributed by atoms with Crippen molar-refractivity contribution in [2.45, 2.75) is 32.1 Å². The Morgan fingerprint density at radius 3 is 2.19 bits per heavy atom. The van der Waals surface area contributed by atoms with Crippen LogP contribution < -0.4 is 0 Å². The molecule has 0 aromatic carbocycles. The van der Waals surface area contributed by atoms with Crippen molar-refractivity contribution in [3.63, 3.8) is 0 Å². The highest BCUT2D eigenvalue weighted by atomic mass is 16.5. The van der Waals surface area contributed by atoms with E-state index in [2.05, 4.69) is 0 Å². The summed E-state index contributed by atoms with van der Waals surface area (Å²) in [6.45, 7) is 1.12. The molecule has 0 N–H and O–H groups in total. The zero-order valence-corrected chi connectivity index (χ0v) is 9.24. The van der Waals surface area contributed by atoms with E-state index in [1.165, 1.54) is 0 Å². The summed E-state index contributed by atoms with van der Waals surface area (Å²) in [5, 5.41) is 0. The topological polar surface area (TPSA) is 60.4 Å². The lowest BCUT2D eigenvalue weighted by atomic mass is 9.78. The Morgan fingerprint density at radius 2 is 1.62 bits per heavy atom. The third-order valence-electron chi connectivity index (χ3n) is 3.40. The fourth-order valence-electron chi connectivity index (χ4n) is 2.44. The van der Waals surface area contributed by atoms with Crippen LogP contribution in [-0.4, -0.2) is 30.6 Å². The largest absolute Gasteiger partial charge is 0.381 e. The van der Waals surface area contributed by atoms with E-state index in [0.717, 1.165) is 0 Å². The van der Waals surface area contributed by atoms with Crippen LogP contribution in [-0.2, 0) is 19.1 Å². The van der Waals surface area contributed by atoms with E-state index in [4.69, 9.17) is 4.74 Å². The van der Waals surface area contributed by atoms with Crippen molar-refractivity contribution in [3.05, 3.63) is 0 Å². The molecule has 0 radical (unpaired) electrons. The zero-order chi connectivity index (χ0) is 11.5. The number of rotatable bonds is 2. The molecule has 2 aliphatic rings. The van der Waals surface area contributed by atoms with Gasteiger partial charge in [0.2, 0.25) is 0 Å². The molecule has 4 heteroatoms. The van der Waals surface area contributed by atoms with E-state index >= 15 is 0 Å². The molecule has 16 heavy (non-hydrogen) atoms. The third kappa shape index (κ3) is 2.21. The van der Waals surface area contributed by atoms with Gasteiger partial charge in [-0.1, -0.05) is 0 Å². The van der Waals surface area contributed by atoms with Crippen molar-refractivity contribution in [1.82, 2.24) is 0 Å². The van der Waals surface area contributed by atoms with Gasteiger partial charge in [-0.05, 0) is 19.3 Å².